The zero-order valence-electron chi connectivity index (χ0n) is 12.4. The molecule has 0 spiro atoms. The van der Waals surface area contributed by atoms with Crippen LogP contribution in [0.1, 0.15) is 45.4 Å². The van der Waals surface area contributed by atoms with Gasteiger partial charge < -0.3 is 9.80 Å². The lowest BCUT2D eigenvalue weighted by Crippen LogP contribution is -2.64. The van der Waals surface area contributed by atoms with Gasteiger partial charge in [-0.25, -0.2) is 0 Å². The molecule has 0 aromatic rings. The van der Waals surface area contributed by atoms with Crippen molar-refractivity contribution >= 4 is 23.6 Å². The first-order chi connectivity index (χ1) is 9.63. The third-order valence-corrected chi connectivity index (χ3v) is 6.36. The van der Waals surface area contributed by atoms with E-state index in [1.54, 1.807) is 0 Å². The fourth-order valence-electron chi connectivity index (χ4n) is 4.06. The van der Waals surface area contributed by atoms with E-state index in [0.717, 1.165) is 37.5 Å². The zero-order chi connectivity index (χ0) is 14.3. The molecule has 1 aliphatic carbocycles. The maximum atomic E-state index is 12.7. The molecule has 0 aromatic heterocycles. The molecule has 0 bridgehead atoms. The summed E-state index contributed by atoms with van der Waals surface area (Å²) in [6, 6.07) is -0.128. The van der Waals surface area contributed by atoms with Gasteiger partial charge in [-0.2, -0.15) is 11.8 Å². The van der Waals surface area contributed by atoms with Crippen LogP contribution in [0.3, 0.4) is 0 Å². The molecule has 0 aromatic carbocycles. The van der Waals surface area contributed by atoms with Gasteiger partial charge in [0.05, 0.1) is 0 Å². The summed E-state index contributed by atoms with van der Waals surface area (Å²) in [7, 11) is 0. The Bertz CT molecular complexity index is 407. The molecule has 0 N–H and O–H groups in total. The minimum Gasteiger partial charge on any atom is -0.329 e. The number of piperazine rings is 1. The molecule has 2 atom stereocenters. The Kier molecular flexibility index (Phi) is 3.98. The van der Waals surface area contributed by atoms with Crippen LogP contribution in [0.4, 0.5) is 0 Å². The summed E-state index contributed by atoms with van der Waals surface area (Å²) in [6.07, 6.45) is 8.45. The van der Waals surface area contributed by atoms with Gasteiger partial charge in [-0.1, -0.05) is 0 Å². The highest BCUT2D eigenvalue weighted by atomic mass is 32.2. The van der Waals surface area contributed by atoms with Gasteiger partial charge in [0.25, 0.3) is 0 Å². The van der Waals surface area contributed by atoms with E-state index in [4.69, 9.17) is 0 Å². The minimum absolute atomic E-state index is 0.156. The van der Waals surface area contributed by atoms with E-state index in [1.165, 1.54) is 12.8 Å². The Hall–Kier alpha value is -0.710. The molecule has 5 heteroatoms. The predicted octanol–water partition coefficient (Wildman–Crippen LogP) is 1.88. The lowest BCUT2D eigenvalue weighted by molar-refractivity contribution is -0.162. The Labute approximate surface area is 125 Å². The van der Waals surface area contributed by atoms with Crippen LogP contribution in [-0.2, 0) is 9.59 Å². The van der Waals surface area contributed by atoms with E-state index in [2.05, 4.69) is 6.26 Å². The van der Waals surface area contributed by atoms with Crippen LogP contribution in [0.2, 0.25) is 0 Å². The Morgan fingerprint density at radius 2 is 1.75 bits per heavy atom. The predicted molar refractivity (Wildman–Crippen MR) is 80.6 cm³/mol. The van der Waals surface area contributed by atoms with Crippen LogP contribution in [0, 0.1) is 0 Å². The van der Waals surface area contributed by atoms with Gasteiger partial charge in [-0.05, 0) is 51.7 Å². The number of nitrogens with zero attached hydrogens (tertiary/aromatic N) is 2. The summed E-state index contributed by atoms with van der Waals surface area (Å²) < 4.78 is 0. The smallest absolute Gasteiger partial charge is 0.246 e. The highest BCUT2D eigenvalue weighted by Crippen LogP contribution is 2.34. The summed E-state index contributed by atoms with van der Waals surface area (Å²) in [5.74, 6) is 0.376. The molecule has 2 aliphatic heterocycles. The molecule has 2 unspecified atom stereocenters. The fourth-order valence-corrected chi connectivity index (χ4v) is 4.81. The number of hydrogen-bond donors (Lipinski definition) is 0. The van der Waals surface area contributed by atoms with Gasteiger partial charge in [-0.15, -0.1) is 0 Å². The summed E-state index contributed by atoms with van der Waals surface area (Å²) in [5, 5.41) is 0.736. The van der Waals surface area contributed by atoms with Crippen molar-refractivity contribution in [3.8, 4) is 0 Å². The average Bonchev–Trinajstić information content (AvgIpc) is 2.96. The van der Waals surface area contributed by atoms with Crippen LogP contribution in [0.5, 0.6) is 0 Å². The molecule has 2 saturated heterocycles. The molecular formula is C15H24N2O2S. The molecule has 3 fully saturated rings. The van der Waals surface area contributed by atoms with Gasteiger partial charge in [0, 0.05) is 17.8 Å². The van der Waals surface area contributed by atoms with Crippen molar-refractivity contribution in [2.45, 2.75) is 68.8 Å². The van der Waals surface area contributed by atoms with E-state index in [9.17, 15) is 9.59 Å². The van der Waals surface area contributed by atoms with Crippen LogP contribution >= 0.6 is 11.8 Å². The van der Waals surface area contributed by atoms with Crippen molar-refractivity contribution in [1.29, 1.82) is 0 Å². The van der Waals surface area contributed by atoms with Crippen molar-refractivity contribution in [2.24, 2.45) is 0 Å². The normalized spacial score (nSPS) is 38.3. The second-order valence-electron chi connectivity index (χ2n) is 6.28. The van der Waals surface area contributed by atoms with Crippen LogP contribution in [0.25, 0.3) is 0 Å². The van der Waals surface area contributed by atoms with Crippen LogP contribution < -0.4 is 0 Å². The zero-order valence-corrected chi connectivity index (χ0v) is 13.2. The Morgan fingerprint density at radius 3 is 2.40 bits per heavy atom. The lowest BCUT2D eigenvalue weighted by Gasteiger charge is -2.46. The Balaban J connectivity index is 1.75. The fraction of sp³-hybridized carbons (Fsp3) is 0.867. The van der Waals surface area contributed by atoms with Crippen molar-refractivity contribution < 1.29 is 9.59 Å². The highest BCUT2D eigenvalue weighted by molar-refractivity contribution is 7.99. The third-order valence-electron chi connectivity index (χ3n) is 5.22. The quantitative estimate of drug-likeness (QED) is 0.781. The number of carbonyl (C=O) groups is 2. The molecular weight excluding hydrogens is 272 g/mol. The maximum Gasteiger partial charge on any atom is 0.246 e. The first-order valence-electron chi connectivity index (χ1n) is 7.79. The minimum atomic E-state index is -0.257. The lowest BCUT2D eigenvalue weighted by atomic mass is 9.91. The van der Waals surface area contributed by atoms with Crippen molar-refractivity contribution in [1.82, 2.24) is 9.80 Å². The first kappa shape index (κ1) is 14.2. The van der Waals surface area contributed by atoms with Crippen molar-refractivity contribution in [3.63, 3.8) is 0 Å². The van der Waals surface area contributed by atoms with E-state index in [-0.39, 0.29) is 29.9 Å². The molecule has 3 rings (SSSR count). The summed E-state index contributed by atoms with van der Waals surface area (Å²) in [4.78, 5) is 28.9. The molecule has 2 heterocycles. The number of fused-ring (bicyclic) bond motifs is 1. The van der Waals surface area contributed by atoms with Gasteiger partial charge in [0.2, 0.25) is 11.8 Å². The Morgan fingerprint density at radius 1 is 1.05 bits per heavy atom. The molecule has 2 amide bonds. The first-order valence-corrected chi connectivity index (χ1v) is 9.07. The molecule has 3 aliphatic rings. The standard InChI is InChI=1S/C15H24N2O2S/c1-10-14(18)16-9-3-4-13(16)15(19)17(10)11-5-7-12(20-2)8-6-11/h10-13H,3-9H2,1-2H3. The number of rotatable bonds is 2. The van der Waals surface area contributed by atoms with Gasteiger partial charge >= 0.3 is 0 Å². The largest absolute Gasteiger partial charge is 0.329 e. The maximum absolute atomic E-state index is 12.7. The molecule has 20 heavy (non-hydrogen) atoms. The SMILES string of the molecule is CSC1CCC(N2C(=O)C3CCCN3C(=O)C2C)CC1. The molecule has 0 radical (unpaired) electrons. The molecule has 4 nitrogen and oxygen atoms in total. The van der Waals surface area contributed by atoms with Gasteiger partial charge in [0.15, 0.2) is 0 Å². The van der Waals surface area contributed by atoms with E-state index >= 15 is 0 Å². The highest BCUT2D eigenvalue weighted by Gasteiger charge is 2.48. The van der Waals surface area contributed by atoms with Crippen molar-refractivity contribution in [2.75, 3.05) is 12.8 Å². The van der Waals surface area contributed by atoms with Crippen LogP contribution in [-0.4, -0.2) is 57.8 Å². The van der Waals surface area contributed by atoms with E-state index in [1.807, 2.05) is 28.5 Å². The number of amides is 2. The third kappa shape index (κ3) is 2.24. The van der Waals surface area contributed by atoms with E-state index in [0.29, 0.717) is 0 Å². The monoisotopic (exact) mass is 296 g/mol. The topological polar surface area (TPSA) is 40.6 Å². The summed E-state index contributed by atoms with van der Waals surface area (Å²) in [6.45, 7) is 2.68. The van der Waals surface area contributed by atoms with E-state index < -0.39 is 0 Å². The number of carbonyl (C=O) groups excluding carboxylic acids is 2. The average molecular weight is 296 g/mol. The van der Waals surface area contributed by atoms with Gasteiger partial charge in [-0.3, -0.25) is 9.59 Å². The second-order valence-corrected chi connectivity index (χ2v) is 7.42. The second kappa shape index (κ2) is 5.58. The van der Waals surface area contributed by atoms with Crippen molar-refractivity contribution in [3.05, 3.63) is 0 Å². The van der Waals surface area contributed by atoms with Gasteiger partial charge in [0.1, 0.15) is 12.1 Å². The molecule has 112 valence electrons. The molecule has 1 saturated carbocycles. The summed E-state index contributed by atoms with van der Waals surface area (Å²) >= 11 is 1.93. The number of thioether (sulfide) groups is 1. The summed E-state index contributed by atoms with van der Waals surface area (Å²) in [5.41, 5.74) is 0. The number of hydrogen-bond acceptors (Lipinski definition) is 3. The van der Waals surface area contributed by atoms with Crippen LogP contribution in [0.15, 0.2) is 0 Å².